The molecular weight excluding hydrogens is 266 g/mol. The minimum atomic E-state index is -0.184. The second kappa shape index (κ2) is 6.26. The van der Waals surface area contributed by atoms with Crippen LogP contribution in [0.5, 0.6) is 0 Å². The summed E-state index contributed by atoms with van der Waals surface area (Å²) >= 11 is 0. The van der Waals surface area contributed by atoms with Crippen LogP contribution in [0.1, 0.15) is 39.6 Å². The Balaban J connectivity index is 2.27. The van der Waals surface area contributed by atoms with E-state index < -0.39 is 0 Å². The second-order valence-electron chi connectivity index (χ2n) is 5.99. The van der Waals surface area contributed by atoms with Gasteiger partial charge in [-0.2, -0.15) is 4.98 Å². The van der Waals surface area contributed by atoms with Crippen molar-refractivity contribution in [2.45, 2.75) is 33.8 Å². The van der Waals surface area contributed by atoms with E-state index in [2.05, 4.69) is 36.2 Å². The van der Waals surface area contributed by atoms with Crippen LogP contribution in [-0.4, -0.2) is 23.8 Å². The molecule has 5 heteroatoms. The van der Waals surface area contributed by atoms with Crippen molar-refractivity contribution in [2.75, 3.05) is 19.0 Å². The fraction of sp³-hybridized carbons (Fsp3) is 0.500. The number of nitrogens with zero attached hydrogens (tertiary/aromatic N) is 2. The van der Waals surface area contributed by atoms with Crippen molar-refractivity contribution in [1.29, 1.82) is 0 Å². The highest BCUT2D eigenvalue weighted by Crippen LogP contribution is 2.35. The van der Waals surface area contributed by atoms with Crippen molar-refractivity contribution in [3.05, 3.63) is 30.1 Å². The molecular formula is C16H23N3O2. The van der Waals surface area contributed by atoms with Gasteiger partial charge in [-0.05, 0) is 36.6 Å². The maximum atomic E-state index is 5.78. The lowest BCUT2D eigenvalue weighted by atomic mass is 9.88. The van der Waals surface area contributed by atoms with Gasteiger partial charge in [0.1, 0.15) is 6.10 Å². The summed E-state index contributed by atoms with van der Waals surface area (Å²) in [4.78, 5) is 4.50. The van der Waals surface area contributed by atoms with E-state index in [1.165, 1.54) is 0 Å². The molecule has 1 atom stereocenters. The molecule has 0 spiro atoms. The molecule has 0 aliphatic carbocycles. The molecule has 21 heavy (non-hydrogen) atoms. The molecule has 2 aromatic rings. The zero-order valence-electron chi connectivity index (χ0n) is 13.3. The van der Waals surface area contributed by atoms with E-state index in [0.29, 0.717) is 18.3 Å². The topological polar surface area (TPSA) is 60.2 Å². The molecule has 0 aliphatic rings. The van der Waals surface area contributed by atoms with Gasteiger partial charge in [-0.15, -0.1) is 0 Å². The number of anilines is 1. The van der Waals surface area contributed by atoms with Gasteiger partial charge in [0.15, 0.2) is 0 Å². The van der Waals surface area contributed by atoms with Crippen LogP contribution in [0.25, 0.3) is 11.5 Å². The Morgan fingerprint density at radius 3 is 2.43 bits per heavy atom. The number of benzene rings is 1. The van der Waals surface area contributed by atoms with Crippen molar-refractivity contribution < 1.29 is 9.26 Å². The fourth-order valence-corrected chi connectivity index (χ4v) is 2.12. The Morgan fingerprint density at radius 2 is 1.90 bits per heavy atom. The molecule has 114 valence electrons. The molecule has 0 amide bonds. The van der Waals surface area contributed by atoms with E-state index in [-0.39, 0.29) is 11.5 Å². The van der Waals surface area contributed by atoms with Gasteiger partial charge in [-0.3, -0.25) is 0 Å². The first-order valence-corrected chi connectivity index (χ1v) is 7.19. The number of nitrogens with one attached hydrogen (secondary N) is 1. The summed E-state index contributed by atoms with van der Waals surface area (Å²) < 4.78 is 11.2. The first kappa shape index (κ1) is 15.5. The molecule has 0 radical (unpaired) electrons. The first-order chi connectivity index (χ1) is 9.95. The van der Waals surface area contributed by atoms with Gasteiger partial charge in [0.05, 0.1) is 0 Å². The van der Waals surface area contributed by atoms with Gasteiger partial charge in [-0.1, -0.05) is 25.9 Å². The Kier molecular flexibility index (Phi) is 4.63. The molecule has 1 unspecified atom stereocenters. The van der Waals surface area contributed by atoms with E-state index in [0.717, 1.165) is 11.3 Å². The van der Waals surface area contributed by atoms with Crippen molar-refractivity contribution in [1.82, 2.24) is 10.1 Å². The monoisotopic (exact) mass is 289 g/mol. The molecule has 0 bridgehead atoms. The van der Waals surface area contributed by atoms with Crippen molar-refractivity contribution in [2.24, 2.45) is 5.41 Å². The van der Waals surface area contributed by atoms with Crippen LogP contribution in [0.15, 0.2) is 28.8 Å². The maximum absolute atomic E-state index is 5.78. The van der Waals surface area contributed by atoms with Gasteiger partial charge in [0.25, 0.3) is 5.89 Å². The van der Waals surface area contributed by atoms with Crippen molar-refractivity contribution in [3.8, 4) is 11.5 Å². The van der Waals surface area contributed by atoms with Gasteiger partial charge < -0.3 is 14.6 Å². The van der Waals surface area contributed by atoms with Crippen LogP contribution in [0.3, 0.4) is 0 Å². The lowest BCUT2D eigenvalue weighted by molar-refractivity contribution is -0.0203. The molecule has 1 heterocycles. The number of rotatable bonds is 5. The molecule has 0 saturated heterocycles. The van der Waals surface area contributed by atoms with E-state index in [4.69, 9.17) is 9.26 Å². The lowest BCUT2D eigenvalue weighted by Crippen LogP contribution is -2.22. The molecule has 0 fully saturated rings. The minimum Gasteiger partial charge on any atom is -0.388 e. The first-order valence-electron chi connectivity index (χ1n) is 7.19. The predicted octanol–water partition coefficient (Wildman–Crippen LogP) is 3.90. The summed E-state index contributed by atoms with van der Waals surface area (Å²) in [6.45, 7) is 8.89. The fourth-order valence-electron chi connectivity index (χ4n) is 2.12. The molecule has 0 saturated carbocycles. The second-order valence-corrected chi connectivity index (χ2v) is 5.99. The summed E-state index contributed by atoms with van der Waals surface area (Å²) in [5.41, 5.74) is 1.85. The van der Waals surface area contributed by atoms with Gasteiger partial charge in [0, 0.05) is 24.9 Å². The van der Waals surface area contributed by atoms with Crippen LogP contribution < -0.4 is 5.32 Å². The van der Waals surface area contributed by atoms with E-state index in [1.54, 1.807) is 0 Å². The number of ether oxygens (including phenoxy) is 1. The Bertz CT molecular complexity index is 570. The Hall–Kier alpha value is -1.88. The van der Waals surface area contributed by atoms with Crippen LogP contribution in [-0.2, 0) is 4.74 Å². The molecule has 0 aliphatic heterocycles. The average Bonchev–Trinajstić information content (AvgIpc) is 2.93. The van der Waals surface area contributed by atoms with Crippen LogP contribution in [0, 0.1) is 5.41 Å². The smallest absolute Gasteiger partial charge is 0.258 e. The van der Waals surface area contributed by atoms with Crippen LogP contribution in [0.4, 0.5) is 5.69 Å². The zero-order chi connectivity index (χ0) is 15.5. The molecule has 1 aromatic heterocycles. The highest BCUT2D eigenvalue weighted by molar-refractivity contribution is 5.58. The largest absolute Gasteiger partial charge is 0.388 e. The molecule has 1 N–H and O–H groups in total. The predicted molar refractivity (Wildman–Crippen MR) is 83.1 cm³/mol. The van der Waals surface area contributed by atoms with Crippen molar-refractivity contribution in [3.63, 3.8) is 0 Å². The Labute approximate surface area is 125 Å². The van der Waals surface area contributed by atoms with Gasteiger partial charge in [0.2, 0.25) is 5.82 Å². The van der Waals surface area contributed by atoms with Crippen LogP contribution in [0.2, 0.25) is 0 Å². The summed E-state index contributed by atoms with van der Waals surface area (Å²) in [6, 6.07) is 7.86. The third kappa shape index (κ3) is 3.61. The third-order valence-electron chi connectivity index (χ3n) is 3.22. The SMILES string of the molecule is CCOC(c1noc(-c2ccc(NC)cc2)n1)C(C)(C)C. The molecule has 1 aromatic carbocycles. The van der Waals surface area contributed by atoms with E-state index >= 15 is 0 Å². The molecule has 5 nitrogen and oxygen atoms in total. The maximum Gasteiger partial charge on any atom is 0.258 e. The highest BCUT2D eigenvalue weighted by atomic mass is 16.5. The molecule has 2 rings (SSSR count). The Morgan fingerprint density at radius 1 is 1.24 bits per heavy atom. The van der Waals surface area contributed by atoms with Gasteiger partial charge in [-0.25, -0.2) is 0 Å². The third-order valence-corrected chi connectivity index (χ3v) is 3.22. The summed E-state index contributed by atoms with van der Waals surface area (Å²) in [6.07, 6.45) is -0.184. The van der Waals surface area contributed by atoms with Gasteiger partial charge >= 0.3 is 0 Å². The van der Waals surface area contributed by atoms with Crippen LogP contribution >= 0.6 is 0 Å². The highest BCUT2D eigenvalue weighted by Gasteiger charge is 2.31. The summed E-state index contributed by atoms with van der Waals surface area (Å²) in [5.74, 6) is 1.11. The quantitative estimate of drug-likeness (QED) is 0.904. The number of hydrogen-bond acceptors (Lipinski definition) is 5. The summed E-state index contributed by atoms with van der Waals surface area (Å²) in [5, 5.41) is 7.17. The lowest BCUT2D eigenvalue weighted by Gasteiger charge is -2.27. The number of hydrogen-bond donors (Lipinski definition) is 1. The number of aromatic nitrogens is 2. The van der Waals surface area contributed by atoms with E-state index in [1.807, 2.05) is 38.2 Å². The minimum absolute atomic E-state index is 0.0901. The average molecular weight is 289 g/mol. The summed E-state index contributed by atoms with van der Waals surface area (Å²) in [7, 11) is 1.88. The van der Waals surface area contributed by atoms with Crippen molar-refractivity contribution >= 4 is 5.69 Å². The van der Waals surface area contributed by atoms with E-state index in [9.17, 15) is 0 Å². The normalized spacial score (nSPS) is 13.2. The standard InChI is InChI=1S/C16H23N3O2/c1-6-20-13(16(2,3)4)14-18-15(21-19-14)11-7-9-12(17-5)10-8-11/h7-10,13,17H,6H2,1-5H3. The zero-order valence-corrected chi connectivity index (χ0v) is 13.3.